The summed E-state index contributed by atoms with van der Waals surface area (Å²) >= 11 is 1.90. The van der Waals surface area contributed by atoms with E-state index in [2.05, 4.69) is 29.5 Å². The highest BCUT2D eigenvalue weighted by atomic mass is 32.2. The summed E-state index contributed by atoms with van der Waals surface area (Å²) in [7, 11) is 1.26. The van der Waals surface area contributed by atoms with Gasteiger partial charge < -0.3 is 34.3 Å². The van der Waals surface area contributed by atoms with Gasteiger partial charge >= 0.3 is 24.4 Å². The minimum Gasteiger partial charge on any atom is -0.452 e. The van der Waals surface area contributed by atoms with Crippen molar-refractivity contribution in [3.8, 4) is 0 Å². The largest absolute Gasteiger partial charge is 0.452 e. The van der Waals surface area contributed by atoms with Crippen molar-refractivity contribution in [2.45, 2.75) is 53.6 Å². The van der Waals surface area contributed by atoms with Crippen molar-refractivity contribution in [1.82, 2.24) is 29.1 Å². The molecule has 0 aliphatic heterocycles. The molecule has 15 nitrogen and oxygen atoms in total. The molecule has 2 atom stereocenters. The topological polar surface area (TPSA) is 178 Å². The zero-order valence-corrected chi connectivity index (χ0v) is 26.0. The van der Waals surface area contributed by atoms with Gasteiger partial charge in [0.25, 0.3) is 0 Å². The first-order valence-corrected chi connectivity index (χ1v) is 14.6. The van der Waals surface area contributed by atoms with Crippen molar-refractivity contribution in [3.05, 3.63) is 0 Å². The second-order valence-electron chi connectivity index (χ2n) is 9.09. The van der Waals surface area contributed by atoms with Gasteiger partial charge in [-0.3, -0.25) is 9.44 Å². The molecule has 0 saturated carbocycles. The first-order chi connectivity index (χ1) is 19.0. The minimum atomic E-state index is -0.691. The van der Waals surface area contributed by atoms with Crippen LogP contribution < -0.4 is 24.8 Å². The molecular formula is C23H46N6O9S2. The number of hydrogen-bond donors (Lipinski definition) is 5. The van der Waals surface area contributed by atoms with Crippen LogP contribution in [0.2, 0.25) is 0 Å². The zero-order chi connectivity index (χ0) is 30.3. The Balaban J connectivity index is 4.39. The lowest BCUT2D eigenvalue weighted by molar-refractivity contribution is 0.0779. The Morgan fingerprint density at radius 2 is 1.20 bits per heavy atom. The summed E-state index contributed by atoms with van der Waals surface area (Å²) in [6, 6.07) is -0.0884. The van der Waals surface area contributed by atoms with Crippen LogP contribution in [0.25, 0.3) is 0 Å². The van der Waals surface area contributed by atoms with Crippen molar-refractivity contribution >= 4 is 48.6 Å². The summed E-state index contributed by atoms with van der Waals surface area (Å²) in [4.78, 5) is 46.9. The molecule has 5 N–H and O–H groups in total. The molecule has 234 valence electrons. The first kappa shape index (κ1) is 37.7. The van der Waals surface area contributed by atoms with Crippen LogP contribution >= 0.6 is 24.3 Å². The number of nitrogens with zero attached hydrogens (tertiary/aromatic N) is 1. The molecule has 0 rings (SSSR count). The van der Waals surface area contributed by atoms with E-state index in [1.165, 1.54) is 7.11 Å². The lowest BCUT2D eigenvalue weighted by atomic mass is 10.1. The lowest BCUT2D eigenvalue weighted by Gasteiger charge is -2.22. The third kappa shape index (κ3) is 21.5. The van der Waals surface area contributed by atoms with E-state index in [0.717, 1.165) is 24.3 Å². The van der Waals surface area contributed by atoms with Gasteiger partial charge in [0.05, 0.1) is 20.3 Å². The standard InChI is InChI=1S/C23H46N6O9S2/c1-16(2)18(5)25-20(30)36-12-9-29(10-13-37-21(31)26-19(6)17(3)4)40-28-23(33)38-15-14-35-11-8-24-39-27-22(32)34-7/h16-19,24H,8-15H2,1-7H3,(H,25,30)(H,26,31)(H,27,32)(H,28,33). The Bertz CT molecular complexity index is 703. The van der Waals surface area contributed by atoms with E-state index in [4.69, 9.17) is 18.9 Å². The molecule has 0 heterocycles. The van der Waals surface area contributed by atoms with Gasteiger partial charge in [0, 0.05) is 56.0 Å². The SMILES string of the molecule is COC(=O)NSNCCOCCOC(=O)NSN(CCOC(=O)NC(C)C(C)C)CCOC(=O)NC(C)C(C)C. The second kappa shape index (κ2) is 23.4. The molecule has 0 bridgehead atoms. The molecule has 0 aromatic carbocycles. The summed E-state index contributed by atoms with van der Waals surface area (Å²) in [6.45, 7) is 13.3. The number of ether oxygens (including phenoxy) is 5. The molecule has 17 heteroatoms. The summed E-state index contributed by atoms with van der Waals surface area (Å²) in [5, 5.41) is 5.50. The monoisotopic (exact) mass is 614 g/mol. The van der Waals surface area contributed by atoms with Crippen molar-refractivity contribution in [3.63, 3.8) is 0 Å². The maximum absolute atomic E-state index is 12.1. The van der Waals surface area contributed by atoms with Crippen LogP contribution in [0.1, 0.15) is 41.5 Å². The quantitative estimate of drug-likeness (QED) is 0.0769. The van der Waals surface area contributed by atoms with Crippen molar-refractivity contribution in [2.75, 3.05) is 59.8 Å². The number of carbonyl (C=O) groups is 4. The Morgan fingerprint density at radius 1 is 0.675 bits per heavy atom. The highest BCUT2D eigenvalue weighted by molar-refractivity contribution is 7.96. The summed E-state index contributed by atoms with van der Waals surface area (Å²) in [5.74, 6) is 0.515. The molecule has 0 aliphatic carbocycles. The van der Waals surface area contributed by atoms with Crippen LogP contribution in [-0.2, 0) is 23.7 Å². The number of alkyl carbamates (subject to hydrolysis) is 2. The molecule has 4 amide bonds. The van der Waals surface area contributed by atoms with E-state index in [1.807, 2.05) is 41.5 Å². The van der Waals surface area contributed by atoms with Crippen LogP contribution in [0.5, 0.6) is 0 Å². The maximum Gasteiger partial charge on any atom is 0.418 e. The fourth-order valence-corrected chi connectivity index (χ4v) is 3.20. The Kier molecular flexibility index (Phi) is 22.0. The molecule has 0 fully saturated rings. The van der Waals surface area contributed by atoms with E-state index in [0.29, 0.717) is 13.2 Å². The number of nitrogens with one attached hydrogen (secondary N) is 5. The zero-order valence-electron chi connectivity index (χ0n) is 24.4. The van der Waals surface area contributed by atoms with Crippen LogP contribution in [0.3, 0.4) is 0 Å². The molecular weight excluding hydrogens is 568 g/mol. The maximum atomic E-state index is 12.1. The smallest absolute Gasteiger partial charge is 0.418 e. The van der Waals surface area contributed by atoms with Gasteiger partial charge in [-0.1, -0.05) is 27.7 Å². The van der Waals surface area contributed by atoms with Gasteiger partial charge in [-0.05, 0) is 25.7 Å². The molecule has 0 radical (unpaired) electrons. The molecule has 40 heavy (non-hydrogen) atoms. The van der Waals surface area contributed by atoms with Gasteiger partial charge in [0.2, 0.25) is 0 Å². The average molecular weight is 615 g/mol. The van der Waals surface area contributed by atoms with Gasteiger partial charge in [-0.15, -0.1) is 0 Å². The van der Waals surface area contributed by atoms with Crippen LogP contribution in [-0.4, -0.2) is 101 Å². The number of carbonyl (C=O) groups excluding carboxylic acids is 4. The van der Waals surface area contributed by atoms with E-state index in [-0.39, 0.29) is 63.4 Å². The van der Waals surface area contributed by atoms with Crippen molar-refractivity contribution in [2.24, 2.45) is 11.8 Å². The van der Waals surface area contributed by atoms with Crippen molar-refractivity contribution < 1.29 is 42.9 Å². The van der Waals surface area contributed by atoms with Crippen LogP contribution in [0.15, 0.2) is 0 Å². The minimum absolute atomic E-state index is 0.0224. The number of hydrogen-bond acceptors (Lipinski definition) is 13. The Hall–Kier alpha value is -2.34. The third-order valence-electron chi connectivity index (χ3n) is 5.30. The summed E-state index contributed by atoms with van der Waals surface area (Å²) in [5.41, 5.74) is 0. The molecule has 0 saturated heterocycles. The molecule has 0 aromatic rings. The fourth-order valence-electron chi connectivity index (χ4n) is 2.18. The van der Waals surface area contributed by atoms with Gasteiger partial charge in [0.1, 0.15) is 19.8 Å². The first-order valence-electron chi connectivity index (χ1n) is 13.0. The van der Waals surface area contributed by atoms with Crippen LogP contribution in [0.4, 0.5) is 19.2 Å². The highest BCUT2D eigenvalue weighted by Gasteiger charge is 2.16. The lowest BCUT2D eigenvalue weighted by Crippen LogP contribution is -2.39. The molecule has 0 spiro atoms. The van der Waals surface area contributed by atoms with E-state index >= 15 is 0 Å². The molecule has 0 aliphatic rings. The van der Waals surface area contributed by atoms with Crippen molar-refractivity contribution in [1.29, 1.82) is 0 Å². The normalized spacial score (nSPS) is 12.4. The Morgan fingerprint density at radius 3 is 1.70 bits per heavy atom. The van der Waals surface area contributed by atoms with E-state index < -0.39 is 24.4 Å². The van der Waals surface area contributed by atoms with Gasteiger partial charge in [-0.2, -0.15) is 0 Å². The Labute approximate surface area is 245 Å². The van der Waals surface area contributed by atoms with Crippen LogP contribution in [0, 0.1) is 11.8 Å². The predicted octanol–water partition coefficient (Wildman–Crippen LogP) is 2.64. The number of rotatable bonds is 20. The van der Waals surface area contributed by atoms with E-state index in [9.17, 15) is 19.2 Å². The average Bonchev–Trinajstić information content (AvgIpc) is 2.89. The predicted molar refractivity (Wildman–Crippen MR) is 153 cm³/mol. The number of methoxy groups -OCH3 is 1. The molecule has 0 aromatic heterocycles. The highest BCUT2D eigenvalue weighted by Crippen LogP contribution is 2.07. The summed E-state index contributed by atoms with van der Waals surface area (Å²) in [6.07, 6.45) is -2.34. The fraction of sp³-hybridized carbons (Fsp3) is 0.826. The van der Waals surface area contributed by atoms with E-state index in [1.54, 1.807) is 4.31 Å². The molecule has 2 unspecified atom stereocenters. The third-order valence-corrected chi connectivity index (χ3v) is 6.80. The second-order valence-corrected chi connectivity index (χ2v) is 10.7. The van der Waals surface area contributed by atoms with Gasteiger partial charge in [0.15, 0.2) is 0 Å². The number of amides is 4. The van der Waals surface area contributed by atoms with Gasteiger partial charge in [-0.25, -0.2) is 28.2 Å². The summed E-state index contributed by atoms with van der Waals surface area (Å²) < 4.78 is 34.7.